The van der Waals surface area contributed by atoms with Crippen molar-refractivity contribution in [1.82, 2.24) is 4.90 Å². The van der Waals surface area contributed by atoms with Gasteiger partial charge in [0.25, 0.3) is 0 Å². The van der Waals surface area contributed by atoms with Crippen LogP contribution in [0.15, 0.2) is 0 Å². The van der Waals surface area contributed by atoms with Gasteiger partial charge in [0.15, 0.2) is 6.10 Å². The van der Waals surface area contributed by atoms with Gasteiger partial charge in [-0.25, -0.2) is 0 Å². The van der Waals surface area contributed by atoms with Gasteiger partial charge in [0.05, 0.1) is 6.54 Å². The number of carbonyl (C=O) groups is 1. The molecule has 0 aromatic heterocycles. The van der Waals surface area contributed by atoms with Crippen LogP contribution in [0, 0.1) is 11.8 Å². The summed E-state index contributed by atoms with van der Waals surface area (Å²) >= 11 is 0. The van der Waals surface area contributed by atoms with Crippen molar-refractivity contribution in [2.75, 3.05) is 19.6 Å². The lowest BCUT2D eigenvalue weighted by Gasteiger charge is -2.23. The van der Waals surface area contributed by atoms with Crippen LogP contribution in [-0.4, -0.2) is 36.6 Å². The van der Waals surface area contributed by atoms with Crippen molar-refractivity contribution in [2.45, 2.75) is 45.6 Å². The van der Waals surface area contributed by atoms with Gasteiger partial charge in [-0.1, -0.05) is 25.2 Å². The van der Waals surface area contributed by atoms with Gasteiger partial charge in [-0.2, -0.15) is 0 Å². The number of esters is 1. The van der Waals surface area contributed by atoms with Crippen molar-refractivity contribution in [3.8, 4) is 11.8 Å². The predicted molar refractivity (Wildman–Crippen MR) is 63.9 cm³/mol. The van der Waals surface area contributed by atoms with E-state index in [0.717, 1.165) is 26.1 Å². The Morgan fingerprint density at radius 1 is 1.38 bits per heavy atom. The van der Waals surface area contributed by atoms with Gasteiger partial charge in [-0.05, 0) is 32.4 Å². The van der Waals surface area contributed by atoms with Gasteiger partial charge < -0.3 is 4.74 Å². The lowest BCUT2D eigenvalue weighted by molar-refractivity contribution is -0.143. The molecule has 0 saturated carbocycles. The van der Waals surface area contributed by atoms with Crippen LogP contribution >= 0.6 is 0 Å². The van der Waals surface area contributed by atoms with E-state index in [0.29, 0.717) is 0 Å². The normalized spacial score (nSPS) is 18.4. The minimum Gasteiger partial charge on any atom is -0.449 e. The summed E-state index contributed by atoms with van der Waals surface area (Å²) in [4.78, 5) is 13.1. The molecule has 0 radical (unpaired) electrons. The molecule has 3 heteroatoms. The molecular weight excluding hydrogens is 202 g/mol. The molecule has 1 saturated heterocycles. The van der Waals surface area contributed by atoms with Crippen molar-refractivity contribution in [3.05, 3.63) is 0 Å². The third-order valence-electron chi connectivity index (χ3n) is 2.69. The second-order valence-electron chi connectivity index (χ2n) is 4.16. The molecule has 1 aliphatic rings. The first-order valence-electron chi connectivity index (χ1n) is 6.10. The molecule has 0 spiro atoms. The summed E-state index contributed by atoms with van der Waals surface area (Å²) in [5.41, 5.74) is 0. The van der Waals surface area contributed by atoms with Gasteiger partial charge in [-0.15, -0.1) is 0 Å². The van der Waals surface area contributed by atoms with E-state index in [1.165, 1.54) is 26.2 Å². The van der Waals surface area contributed by atoms with Crippen LogP contribution in [0.2, 0.25) is 0 Å². The molecule has 1 atom stereocenters. The number of hydrogen-bond acceptors (Lipinski definition) is 3. The van der Waals surface area contributed by atoms with E-state index in [1.807, 2.05) is 6.92 Å². The zero-order chi connectivity index (χ0) is 11.8. The molecule has 1 rings (SSSR count). The van der Waals surface area contributed by atoms with Crippen LogP contribution in [0.4, 0.5) is 0 Å². The monoisotopic (exact) mass is 223 g/mol. The predicted octanol–water partition coefficient (Wildman–Crippen LogP) is 1.82. The highest BCUT2D eigenvalue weighted by Gasteiger charge is 2.08. The van der Waals surface area contributed by atoms with Gasteiger partial charge in [0.1, 0.15) is 0 Å². The van der Waals surface area contributed by atoms with Crippen molar-refractivity contribution in [2.24, 2.45) is 0 Å². The van der Waals surface area contributed by atoms with Gasteiger partial charge >= 0.3 is 5.97 Å². The molecule has 1 aliphatic heterocycles. The maximum atomic E-state index is 10.8. The summed E-state index contributed by atoms with van der Waals surface area (Å²) in [5, 5.41) is 0. The zero-order valence-corrected chi connectivity index (χ0v) is 10.3. The number of carbonyl (C=O) groups excluding carboxylic acids is 1. The number of piperidine rings is 1. The lowest BCUT2D eigenvalue weighted by Crippen LogP contribution is -2.30. The second kappa shape index (κ2) is 7.29. The number of nitrogens with zero attached hydrogens (tertiary/aromatic N) is 1. The van der Waals surface area contributed by atoms with Crippen molar-refractivity contribution >= 4 is 5.97 Å². The summed E-state index contributed by atoms with van der Waals surface area (Å²) in [6.07, 6.45) is 4.43. The first kappa shape index (κ1) is 13.1. The van der Waals surface area contributed by atoms with Crippen LogP contribution < -0.4 is 0 Å². The fourth-order valence-corrected chi connectivity index (χ4v) is 1.80. The maximum absolute atomic E-state index is 10.8. The van der Waals surface area contributed by atoms with Gasteiger partial charge in [0, 0.05) is 6.92 Å². The highest BCUT2D eigenvalue weighted by molar-refractivity contribution is 5.66. The summed E-state index contributed by atoms with van der Waals surface area (Å²) in [6.45, 7) is 6.51. The Hall–Kier alpha value is -1.01. The largest absolute Gasteiger partial charge is 0.449 e. The Labute approximate surface area is 98.1 Å². The van der Waals surface area contributed by atoms with Crippen molar-refractivity contribution in [3.63, 3.8) is 0 Å². The van der Waals surface area contributed by atoms with E-state index in [1.54, 1.807) is 0 Å². The van der Waals surface area contributed by atoms with E-state index in [-0.39, 0.29) is 12.1 Å². The highest BCUT2D eigenvalue weighted by Crippen LogP contribution is 2.07. The molecule has 0 unspecified atom stereocenters. The number of hydrogen-bond donors (Lipinski definition) is 0. The smallest absolute Gasteiger partial charge is 0.303 e. The second-order valence-corrected chi connectivity index (χ2v) is 4.16. The Morgan fingerprint density at radius 2 is 2.06 bits per heavy atom. The topological polar surface area (TPSA) is 29.5 Å². The van der Waals surface area contributed by atoms with E-state index in [9.17, 15) is 4.79 Å². The minimum atomic E-state index is -0.251. The fraction of sp³-hybridized carbons (Fsp3) is 0.769. The molecule has 1 heterocycles. The molecule has 3 nitrogen and oxygen atoms in total. The van der Waals surface area contributed by atoms with E-state index < -0.39 is 0 Å². The molecule has 0 aromatic carbocycles. The van der Waals surface area contributed by atoms with Crippen molar-refractivity contribution in [1.29, 1.82) is 0 Å². The third kappa shape index (κ3) is 5.18. The average Bonchev–Trinajstić information content (AvgIpc) is 2.28. The summed E-state index contributed by atoms with van der Waals surface area (Å²) in [5.74, 6) is 5.87. The molecule has 0 aliphatic carbocycles. The van der Waals surface area contributed by atoms with Crippen LogP contribution in [0.25, 0.3) is 0 Å². The Balaban J connectivity index is 2.30. The van der Waals surface area contributed by atoms with E-state index >= 15 is 0 Å². The zero-order valence-electron chi connectivity index (χ0n) is 10.3. The lowest BCUT2D eigenvalue weighted by atomic mass is 10.1. The Bertz CT molecular complexity index is 271. The molecule has 0 N–H and O–H groups in total. The number of rotatable bonds is 3. The van der Waals surface area contributed by atoms with Crippen molar-refractivity contribution < 1.29 is 9.53 Å². The molecule has 90 valence electrons. The number of likely N-dealkylation sites (tertiary alicyclic amines) is 1. The summed E-state index contributed by atoms with van der Waals surface area (Å²) in [7, 11) is 0. The average molecular weight is 223 g/mol. The summed E-state index contributed by atoms with van der Waals surface area (Å²) in [6, 6.07) is 0. The number of ether oxygens (including phenoxy) is 1. The first-order chi connectivity index (χ1) is 7.72. The summed E-state index contributed by atoms with van der Waals surface area (Å²) < 4.78 is 5.06. The molecule has 0 amide bonds. The maximum Gasteiger partial charge on any atom is 0.303 e. The molecule has 16 heavy (non-hydrogen) atoms. The Morgan fingerprint density at radius 3 is 2.62 bits per heavy atom. The first-order valence-corrected chi connectivity index (χ1v) is 6.10. The standard InChI is InChI=1S/C13H21NO2/c1-3-13(16-12(2)15)8-7-11-14-9-5-4-6-10-14/h13H,3-6,9-11H2,1-2H3/t13-/m0/s1. The molecule has 0 bridgehead atoms. The quantitative estimate of drug-likeness (QED) is 0.540. The molecular formula is C13H21NO2. The van der Waals surface area contributed by atoms with Crippen LogP contribution in [-0.2, 0) is 9.53 Å². The van der Waals surface area contributed by atoms with Gasteiger partial charge in [-0.3, -0.25) is 9.69 Å². The van der Waals surface area contributed by atoms with Crippen LogP contribution in [0.3, 0.4) is 0 Å². The van der Waals surface area contributed by atoms with E-state index in [2.05, 4.69) is 16.7 Å². The molecule has 0 aromatic rings. The third-order valence-corrected chi connectivity index (χ3v) is 2.69. The van der Waals surface area contributed by atoms with Gasteiger partial charge in [0.2, 0.25) is 0 Å². The van der Waals surface area contributed by atoms with Crippen LogP contribution in [0.5, 0.6) is 0 Å². The SMILES string of the molecule is CC[C@@H](C#CCN1CCCCC1)OC(C)=O. The fourth-order valence-electron chi connectivity index (χ4n) is 1.80. The highest BCUT2D eigenvalue weighted by atomic mass is 16.5. The van der Waals surface area contributed by atoms with Crippen LogP contribution in [0.1, 0.15) is 39.5 Å². The van der Waals surface area contributed by atoms with E-state index in [4.69, 9.17) is 4.74 Å². The molecule has 1 fully saturated rings. The minimum absolute atomic E-state index is 0.234. The Kier molecular flexibility index (Phi) is 5.95.